The highest BCUT2D eigenvalue weighted by molar-refractivity contribution is 5.06. The second kappa shape index (κ2) is 5.91. The molecule has 0 radical (unpaired) electrons. The third-order valence-corrected chi connectivity index (χ3v) is 1.98. The second-order valence-corrected chi connectivity index (χ2v) is 3.34. The van der Waals surface area contributed by atoms with E-state index in [2.05, 4.69) is 10.1 Å². The molecule has 1 aromatic rings. The highest BCUT2D eigenvalue weighted by Gasteiger charge is 2.27. The van der Waals surface area contributed by atoms with Crippen molar-refractivity contribution in [2.75, 3.05) is 13.2 Å². The minimum Gasteiger partial charge on any atom is -0.351 e. The van der Waals surface area contributed by atoms with Crippen LogP contribution in [0.15, 0.2) is 18.3 Å². The van der Waals surface area contributed by atoms with Crippen molar-refractivity contribution in [2.45, 2.75) is 26.4 Å². The van der Waals surface area contributed by atoms with Crippen LogP contribution in [0, 0.1) is 0 Å². The van der Waals surface area contributed by atoms with Gasteiger partial charge in [0.25, 0.3) is 0 Å². The lowest BCUT2D eigenvalue weighted by molar-refractivity contribution is -0.182. The van der Waals surface area contributed by atoms with Crippen LogP contribution in [0.5, 0.6) is 0 Å². The van der Waals surface area contributed by atoms with E-state index in [4.69, 9.17) is 0 Å². The molecule has 0 bridgehead atoms. The van der Waals surface area contributed by atoms with Gasteiger partial charge in [0.1, 0.15) is 13.3 Å². The van der Waals surface area contributed by atoms with Gasteiger partial charge in [-0.05, 0) is 18.7 Å². The van der Waals surface area contributed by atoms with E-state index in [-0.39, 0.29) is 6.73 Å². The largest absolute Gasteiger partial charge is 0.411 e. The number of ether oxygens (including phenoxy) is 1. The van der Waals surface area contributed by atoms with E-state index in [1.165, 1.54) is 0 Å². The van der Waals surface area contributed by atoms with Gasteiger partial charge in [-0.3, -0.25) is 0 Å². The average Bonchev–Trinajstić information content (AvgIpc) is 2.60. The van der Waals surface area contributed by atoms with Gasteiger partial charge in [0.05, 0.1) is 0 Å². The number of halogens is 3. The van der Waals surface area contributed by atoms with Crippen LogP contribution in [-0.4, -0.2) is 23.9 Å². The molecule has 1 heterocycles. The summed E-state index contributed by atoms with van der Waals surface area (Å²) < 4.78 is 41.7. The molecule has 0 aliphatic carbocycles. The van der Waals surface area contributed by atoms with Crippen molar-refractivity contribution in [2.24, 2.45) is 0 Å². The van der Waals surface area contributed by atoms with E-state index in [9.17, 15) is 13.2 Å². The summed E-state index contributed by atoms with van der Waals surface area (Å²) >= 11 is 0. The lowest BCUT2D eigenvalue weighted by atomic mass is 10.4. The van der Waals surface area contributed by atoms with Crippen molar-refractivity contribution in [1.29, 1.82) is 0 Å². The number of hydrogen-bond acceptors (Lipinski definition) is 2. The molecular formula is C10H15F3N2O. The number of alkyl halides is 3. The van der Waals surface area contributed by atoms with Crippen LogP contribution in [0.1, 0.15) is 12.6 Å². The molecule has 0 fully saturated rings. The minimum atomic E-state index is -4.27. The van der Waals surface area contributed by atoms with Gasteiger partial charge in [0.15, 0.2) is 0 Å². The highest BCUT2D eigenvalue weighted by Crippen LogP contribution is 2.15. The normalized spacial score (nSPS) is 12.0. The molecular weight excluding hydrogens is 221 g/mol. The van der Waals surface area contributed by atoms with E-state index in [0.29, 0.717) is 6.54 Å². The smallest absolute Gasteiger partial charge is 0.351 e. The van der Waals surface area contributed by atoms with Gasteiger partial charge in [-0.2, -0.15) is 13.2 Å². The van der Waals surface area contributed by atoms with E-state index in [0.717, 1.165) is 12.2 Å². The topological polar surface area (TPSA) is 26.2 Å². The van der Waals surface area contributed by atoms with Crippen molar-refractivity contribution >= 4 is 0 Å². The summed E-state index contributed by atoms with van der Waals surface area (Å²) in [6, 6.07) is 3.63. The van der Waals surface area contributed by atoms with Crippen molar-refractivity contribution in [3.8, 4) is 0 Å². The molecule has 0 saturated heterocycles. The van der Waals surface area contributed by atoms with Crippen LogP contribution in [0.25, 0.3) is 0 Å². The molecule has 0 spiro atoms. The van der Waals surface area contributed by atoms with Gasteiger partial charge in [-0.25, -0.2) is 0 Å². The molecule has 3 nitrogen and oxygen atoms in total. The molecule has 1 rings (SSSR count). The average molecular weight is 236 g/mol. The zero-order valence-electron chi connectivity index (χ0n) is 9.05. The van der Waals surface area contributed by atoms with E-state index >= 15 is 0 Å². The van der Waals surface area contributed by atoms with Crippen LogP contribution >= 0.6 is 0 Å². The second-order valence-electron chi connectivity index (χ2n) is 3.34. The summed E-state index contributed by atoms with van der Waals surface area (Å²) in [6.07, 6.45) is -2.57. The number of hydrogen-bond donors (Lipinski definition) is 1. The molecule has 0 amide bonds. The maximum absolute atomic E-state index is 11.8. The zero-order chi connectivity index (χ0) is 12.0. The molecule has 92 valence electrons. The SMILES string of the molecule is CCNCc1cccn1COCC(F)(F)F. The summed E-state index contributed by atoms with van der Waals surface area (Å²) in [5, 5.41) is 3.10. The molecule has 0 aliphatic rings. The number of nitrogens with zero attached hydrogens (tertiary/aromatic N) is 1. The Morgan fingerprint density at radius 1 is 1.44 bits per heavy atom. The molecule has 0 unspecified atom stereocenters. The van der Waals surface area contributed by atoms with Crippen molar-refractivity contribution in [3.63, 3.8) is 0 Å². The first-order valence-electron chi connectivity index (χ1n) is 5.02. The fourth-order valence-electron chi connectivity index (χ4n) is 1.25. The van der Waals surface area contributed by atoms with Crippen molar-refractivity contribution in [3.05, 3.63) is 24.0 Å². The highest BCUT2D eigenvalue weighted by atomic mass is 19.4. The Kier molecular flexibility index (Phi) is 4.82. The van der Waals surface area contributed by atoms with E-state index in [1.54, 1.807) is 16.8 Å². The first-order chi connectivity index (χ1) is 7.53. The van der Waals surface area contributed by atoms with E-state index < -0.39 is 12.8 Å². The lowest BCUT2D eigenvalue weighted by Crippen LogP contribution is -2.20. The van der Waals surface area contributed by atoms with Gasteiger partial charge in [0.2, 0.25) is 0 Å². The molecule has 6 heteroatoms. The fourth-order valence-corrected chi connectivity index (χ4v) is 1.25. The van der Waals surface area contributed by atoms with Gasteiger partial charge in [0, 0.05) is 18.4 Å². The van der Waals surface area contributed by atoms with E-state index in [1.807, 2.05) is 13.0 Å². The minimum absolute atomic E-state index is 0.0762. The Bertz CT molecular complexity index is 309. The predicted molar refractivity (Wildman–Crippen MR) is 53.8 cm³/mol. The Hall–Kier alpha value is -1.01. The molecule has 0 saturated carbocycles. The number of rotatable bonds is 6. The molecule has 1 aromatic heterocycles. The van der Waals surface area contributed by atoms with Gasteiger partial charge in [-0.1, -0.05) is 6.92 Å². The van der Waals surface area contributed by atoms with Crippen LogP contribution in [0.3, 0.4) is 0 Å². The van der Waals surface area contributed by atoms with Crippen LogP contribution in [0.2, 0.25) is 0 Å². The third-order valence-electron chi connectivity index (χ3n) is 1.98. The maximum atomic E-state index is 11.8. The Morgan fingerprint density at radius 3 is 2.81 bits per heavy atom. The maximum Gasteiger partial charge on any atom is 0.411 e. The van der Waals surface area contributed by atoms with Crippen molar-refractivity contribution < 1.29 is 17.9 Å². The Morgan fingerprint density at radius 2 is 2.19 bits per heavy atom. The molecule has 0 aromatic carbocycles. The number of aromatic nitrogens is 1. The van der Waals surface area contributed by atoms with Crippen LogP contribution in [0.4, 0.5) is 13.2 Å². The molecule has 1 N–H and O–H groups in total. The Labute approximate surface area is 92.2 Å². The molecule has 0 aliphatic heterocycles. The first kappa shape index (κ1) is 13.1. The quantitative estimate of drug-likeness (QED) is 0.819. The van der Waals surface area contributed by atoms with Crippen LogP contribution in [-0.2, 0) is 18.0 Å². The summed E-state index contributed by atoms with van der Waals surface area (Å²) in [5.41, 5.74) is 0.907. The lowest BCUT2D eigenvalue weighted by Gasteiger charge is -2.11. The fraction of sp³-hybridized carbons (Fsp3) is 0.600. The number of nitrogens with one attached hydrogen (secondary N) is 1. The predicted octanol–water partition coefficient (Wildman–Crippen LogP) is 2.13. The summed E-state index contributed by atoms with van der Waals surface area (Å²) in [4.78, 5) is 0. The summed E-state index contributed by atoms with van der Waals surface area (Å²) in [7, 11) is 0. The summed E-state index contributed by atoms with van der Waals surface area (Å²) in [5.74, 6) is 0. The molecule has 0 atom stereocenters. The monoisotopic (exact) mass is 236 g/mol. The summed E-state index contributed by atoms with van der Waals surface area (Å²) in [6.45, 7) is 2.11. The molecule has 16 heavy (non-hydrogen) atoms. The standard InChI is InChI=1S/C10H15F3N2O/c1-2-14-6-9-4-3-5-15(9)8-16-7-10(11,12)13/h3-5,14H,2,6-8H2,1H3. The van der Waals surface area contributed by atoms with Gasteiger partial charge in [-0.15, -0.1) is 0 Å². The Balaban J connectivity index is 2.38. The van der Waals surface area contributed by atoms with Crippen molar-refractivity contribution in [1.82, 2.24) is 9.88 Å². The first-order valence-corrected chi connectivity index (χ1v) is 5.02. The van der Waals surface area contributed by atoms with Crippen LogP contribution < -0.4 is 5.32 Å². The van der Waals surface area contributed by atoms with Gasteiger partial charge >= 0.3 is 6.18 Å². The van der Waals surface area contributed by atoms with Gasteiger partial charge < -0.3 is 14.6 Å². The third kappa shape index (κ3) is 4.67. The zero-order valence-corrected chi connectivity index (χ0v) is 9.05.